The Morgan fingerprint density at radius 1 is 1.31 bits per heavy atom. The first-order valence-electron chi connectivity index (χ1n) is 9.29. The van der Waals surface area contributed by atoms with Crippen LogP contribution in [0.25, 0.3) is 11.3 Å². The summed E-state index contributed by atoms with van der Waals surface area (Å²) in [5.74, 6) is 2.76. The van der Waals surface area contributed by atoms with E-state index < -0.39 is 0 Å². The van der Waals surface area contributed by atoms with Crippen molar-refractivity contribution in [3.05, 3.63) is 42.5 Å². The van der Waals surface area contributed by atoms with Crippen LogP contribution in [0.3, 0.4) is 0 Å². The second kappa shape index (κ2) is 5.47. The minimum absolute atomic E-state index is 0.0945. The third-order valence-corrected chi connectivity index (χ3v) is 6.57. The van der Waals surface area contributed by atoms with Crippen LogP contribution in [0.2, 0.25) is 0 Å². The van der Waals surface area contributed by atoms with E-state index in [-0.39, 0.29) is 11.8 Å². The minimum Gasteiger partial charge on any atom is -0.496 e. The second-order valence-electron chi connectivity index (χ2n) is 7.82. The fourth-order valence-electron chi connectivity index (χ4n) is 5.06. The number of anilines is 1. The maximum absolute atomic E-state index is 12.9. The highest BCUT2D eigenvalue weighted by Gasteiger charge is 2.64. The van der Waals surface area contributed by atoms with Gasteiger partial charge >= 0.3 is 0 Å². The molecule has 0 unspecified atom stereocenters. The van der Waals surface area contributed by atoms with Crippen molar-refractivity contribution < 1.29 is 9.53 Å². The standard InChI is InChI=1S/C21H23N3O2/c1-24-19(12-17(23-24)14-5-3-4-6-18(14)26-2)22-20(25)15-11-13-7-8-16(15)21(13)9-10-21/h3-8,12-13,15-16H,9-11H2,1-2H3,(H,22,25)/t13-,15+,16-/m1/s1. The van der Waals surface area contributed by atoms with E-state index in [2.05, 4.69) is 22.6 Å². The van der Waals surface area contributed by atoms with Crippen LogP contribution in [0, 0.1) is 23.2 Å². The van der Waals surface area contributed by atoms with Crippen LogP contribution in [0.15, 0.2) is 42.5 Å². The number of rotatable bonds is 4. The van der Waals surface area contributed by atoms with Crippen molar-refractivity contribution in [2.45, 2.75) is 19.3 Å². The summed E-state index contributed by atoms with van der Waals surface area (Å²) in [7, 11) is 3.51. The Kier molecular flexibility index (Phi) is 3.30. The van der Waals surface area contributed by atoms with Crippen LogP contribution in [0.4, 0.5) is 5.82 Å². The molecular formula is C21H23N3O2. The summed E-state index contributed by atoms with van der Waals surface area (Å²) in [6, 6.07) is 9.71. The summed E-state index contributed by atoms with van der Waals surface area (Å²) < 4.78 is 7.16. The molecule has 2 bridgehead atoms. The lowest BCUT2D eigenvalue weighted by molar-refractivity contribution is -0.120. The molecule has 3 atom stereocenters. The molecule has 5 heteroatoms. The van der Waals surface area contributed by atoms with E-state index in [1.165, 1.54) is 12.8 Å². The molecule has 2 fully saturated rings. The normalized spacial score (nSPS) is 27.1. The molecule has 134 valence electrons. The van der Waals surface area contributed by atoms with Crippen LogP contribution in [0.5, 0.6) is 5.75 Å². The fraction of sp³-hybridized carbons (Fsp3) is 0.429. The fourth-order valence-corrected chi connectivity index (χ4v) is 5.06. The number of allylic oxidation sites excluding steroid dienone is 2. The summed E-state index contributed by atoms with van der Waals surface area (Å²) in [5.41, 5.74) is 2.15. The van der Waals surface area contributed by atoms with E-state index in [9.17, 15) is 4.79 Å². The highest BCUT2D eigenvalue weighted by Crippen LogP contribution is 2.70. The molecule has 5 rings (SSSR count). The van der Waals surface area contributed by atoms with Gasteiger partial charge in [0, 0.05) is 24.6 Å². The predicted molar refractivity (Wildman–Crippen MR) is 99.7 cm³/mol. The number of ether oxygens (including phenoxy) is 1. The van der Waals surface area contributed by atoms with Gasteiger partial charge in [0.25, 0.3) is 0 Å². The van der Waals surface area contributed by atoms with Crippen molar-refractivity contribution in [2.75, 3.05) is 12.4 Å². The van der Waals surface area contributed by atoms with E-state index in [4.69, 9.17) is 4.74 Å². The molecule has 1 N–H and O–H groups in total. The second-order valence-corrected chi connectivity index (χ2v) is 7.82. The summed E-state index contributed by atoms with van der Waals surface area (Å²) in [6.45, 7) is 0. The van der Waals surface area contributed by atoms with Gasteiger partial charge in [-0.25, -0.2) is 0 Å². The number of para-hydroxylation sites is 1. The lowest BCUT2D eigenvalue weighted by Crippen LogP contribution is -2.28. The zero-order chi connectivity index (χ0) is 17.9. The van der Waals surface area contributed by atoms with Crippen LogP contribution >= 0.6 is 0 Å². The van der Waals surface area contributed by atoms with Gasteiger partial charge in [-0.2, -0.15) is 5.10 Å². The van der Waals surface area contributed by atoms with E-state index in [0.717, 1.165) is 29.2 Å². The van der Waals surface area contributed by atoms with Gasteiger partial charge in [0.2, 0.25) is 5.91 Å². The van der Waals surface area contributed by atoms with Crippen molar-refractivity contribution >= 4 is 11.7 Å². The lowest BCUT2D eigenvalue weighted by atomic mass is 9.88. The third kappa shape index (κ3) is 2.16. The summed E-state index contributed by atoms with van der Waals surface area (Å²) in [4.78, 5) is 12.9. The maximum Gasteiger partial charge on any atom is 0.229 e. The molecule has 1 aromatic heterocycles. The number of nitrogens with one attached hydrogen (secondary N) is 1. The summed E-state index contributed by atoms with van der Waals surface area (Å²) >= 11 is 0. The molecule has 1 aromatic carbocycles. The smallest absolute Gasteiger partial charge is 0.229 e. The number of methoxy groups -OCH3 is 1. The van der Waals surface area contributed by atoms with Crippen molar-refractivity contribution in [3.63, 3.8) is 0 Å². The topological polar surface area (TPSA) is 56.1 Å². The van der Waals surface area contributed by atoms with E-state index in [1.54, 1.807) is 11.8 Å². The number of benzene rings is 1. The molecule has 1 amide bonds. The molecule has 0 radical (unpaired) electrons. The number of aryl methyl sites for hydroxylation is 1. The van der Waals surface area contributed by atoms with Gasteiger partial charge in [0.05, 0.1) is 12.8 Å². The number of aromatic nitrogens is 2. The Labute approximate surface area is 153 Å². The zero-order valence-electron chi connectivity index (χ0n) is 15.1. The van der Waals surface area contributed by atoms with Crippen LogP contribution in [-0.4, -0.2) is 22.8 Å². The van der Waals surface area contributed by atoms with Crippen molar-refractivity contribution in [3.8, 4) is 17.0 Å². The average molecular weight is 349 g/mol. The minimum atomic E-state index is 0.0945. The van der Waals surface area contributed by atoms with E-state index >= 15 is 0 Å². The Morgan fingerprint density at radius 3 is 2.85 bits per heavy atom. The van der Waals surface area contributed by atoms with Crippen molar-refractivity contribution in [1.29, 1.82) is 0 Å². The van der Waals surface area contributed by atoms with Crippen LogP contribution < -0.4 is 10.1 Å². The SMILES string of the molecule is COc1ccccc1-c1cc(NC(=O)[C@H]2C[C@H]3C=C[C@H]2C32CC2)n(C)n1. The lowest BCUT2D eigenvalue weighted by Gasteiger charge is -2.19. The Morgan fingerprint density at radius 2 is 2.12 bits per heavy atom. The van der Waals surface area contributed by atoms with Gasteiger partial charge < -0.3 is 10.1 Å². The number of carbonyl (C=O) groups excluding carboxylic acids is 1. The molecular weight excluding hydrogens is 326 g/mol. The van der Waals surface area contributed by atoms with Gasteiger partial charge in [-0.15, -0.1) is 0 Å². The molecule has 1 heterocycles. The van der Waals surface area contributed by atoms with Crippen molar-refractivity contribution in [1.82, 2.24) is 9.78 Å². The number of hydrogen-bond donors (Lipinski definition) is 1. The first-order chi connectivity index (χ1) is 12.6. The summed E-state index contributed by atoms with van der Waals surface area (Å²) in [5, 5.41) is 7.68. The average Bonchev–Trinajstić information content (AvgIpc) is 3.19. The molecule has 0 saturated heterocycles. The summed E-state index contributed by atoms with van der Waals surface area (Å²) in [6.07, 6.45) is 8.18. The zero-order valence-corrected chi connectivity index (χ0v) is 15.1. The number of nitrogens with zero attached hydrogens (tertiary/aromatic N) is 2. The molecule has 26 heavy (non-hydrogen) atoms. The van der Waals surface area contributed by atoms with Crippen molar-refractivity contribution in [2.24, 2.45) is 30.2 Å². The van der Waals surface area contributed by atoms with Gasteiger partial charge in [-0.05, 0) is 48.6 Å². The Bertz CT molecular complexity index is 910. The van der Waals surface area contributed by atoms with Gasteiger partial charge in [0.1, 0.15) is 11.6 Å². The molecule has 2 saturated carbocycles. The highest BCUT2D eigenvalue weighted by atomic mass is 16.5. The van der Waals surface area contributed by atoms with Gasteiger partial charge in [-0.3, -0.25) is 9.48 Å². The number of carbonyl (C=O) groups is 1. The first kappa shape index (κ1) is 15.7. The van der Waals surface area contributed by atoms with Gasteiger partial charge in [-0.1, -0.05) is 24.3 Å². The molecule has 3 aliphatic rings. The van der Waals surface area contributed by atoms with Crippen LogP contribution in [-0.2, 0) is 11.8 Å². The molecule has 3 aliphatic carbocycles. The Hall–Kier alpha value is -2.56. The van der Waals surface area contributed by atoms with Gasteiger partial charge in [0.15, 0.2) is 0 Å². The molecule has 0 aliphatic heterocycles. The quantitative estimate of drug-likeness (QED) is 0.858. The molecule has 1 spiro atoms. The third-order valence-electron chi connectivity index (χ3n) is 6.57. The predicted octanol–water partition coefficient (Wildman–Crippen LogP) is 3.64. The van der Waals surface area contributed by atoms with E-state index in [0.29, 0.717) is 17.3 Å². The highest BCUT2D eigenvalue weighted by molar-refractivity contribution is 5.93. The Balaban J connectivity index is 1.38. The van der Waals surface area contributed by atoms with E-state index in [1.807, 2.05) is 37.4 Å². The number of hydrogen-bond acceptors (Lipinski definition) is 3. The first-order valence-corrected chi connectivity index (χ1v) is 9.29. The molecule has 5 nitrogen and oxygen atoms in total. The monoisotopic (exact) mass is 349 g/mol. The number of amides is 1. The maximum atomic E-state index is 12.9. The van der Waals surface area contributed by atoms with Crippen LogP contribution in [0.1, 0.15) is 19.3 Å². The largest absolute Gasteiger partial charge is 0.496 e. The molecule has 2 aromatic rings.